The third kappa shape index (κ3) is 3.34. The van der Waals surface area contributed by atoms with E-state index in [1.54, 1.807) is 29.1 Å². The van der Waals surface area contributed by atoms with E-state index in [2.05, 4.69) is 5.10 Å². The van der Waals surface area contributed by atoms with Gasteiger partial charge in [0.05, 0.1) is 23.9 Å². The van der Waals surface area contributed by atoms with E-state index < -0.39 is 0 Å². The van der Waals surface area contributed by atoms with Crippen LogP contribution in [0.15, 0.2) is 36.7 Å². The van der Waals surface area contributed by atoms with Gasteiger partial charge in [0.1, 0.15) is 0 Å². The Labute approximate surface area is 117 Å². The molecule has 0 aliphatic carbocycles. The van der Waals surface area contributed by atoms with E-state index in [-0.39, 0.29) is 16.7 Å². The Balaban J connectivity index is 1.94. The number of aromatic nitrogens is 2. The molecule has 2 aromatic rings. The maximum Gasteiger partial charge on any atom is 0.272 e. The third-order valence-electron chi connectivity index (χ3n) is 2.94. The Morgan fingerprint density at radius 1 is 1.40 bits per heavy atom. The zero-order valence-electron chi connectivity index (χ0n) is 11.5. The summed E-state index contributed by atoms with van der Waals surface area (Å²) in [6, 6.07) is 6.99. The molecule has 0 radical (unpaired) electrons. The highest BCUT2D eigenvalue weighted by atomic mass is 16.6. The van der Waals surface area contributed by atoms with Gasteiger partial charge in [-0.15, -0.1) is 0 Å². The van der Waals surface area contributed by atoms with Crippen molar-refractivity contribution in [3.8, 4) is 5.75 Å². The van der Waals surface area contributed by atoms with Crippen LogP contribution in [0, 0.1) is 10.1 Å². The SMILES string of the molecule is CC(C)n1cc(OCCc2ccccc2[N+](=O)[O-])cn1. The average Bonchev–Trinajstić information content (AvgIpc) is 2.88. The summed E-state index contributed by atoms with van der Waals surface area (Å²) < 4.78 is 7.38. The molecule has 20 heavy (non-hydrogen) atoms. The highest BCUT2D eigenvalue weighted by Crippen LogP contribution is 2.19. The monoisotopic (exact) mass is 275 g/mol. The molecule has 6 nitrogen and oxygen atoms in total. The minimum absolute atomic E-state index is 0.133. The number of hydrogen-bond donors (Lipinski definition) is 0. The molecule has 106 valence electrons. The van der Waals surface area contributed by atoms with Gasteiger partial charge in [0.25, 0.3) is 5.69 Å². The number of benzene rings is 1. The highest BCUT2D eigenvalue weighted by Gasteiger charge is 2.12. The van der Waals surface area contributed by atoms with Crippen molar-refractivity contribution in [3.05, 3.63) is 52.3 Å². The normalized spacial score (nSPS) is 10.8. The Bertz CT molecular complexity index is 593. The fourth-order valence-electron chi connectivity index (χ4n) is 1.86. The summed E-state index contributed by atoms with van der Waals surface area (Å²) >= 11 is 0. The van der Waals surface area contributed by atoms with Crippen LogP contribution in [-0.2, 0) is 6.42 Å². The first kappa shape index (κ1) is 14.0. The van der Waals surface area contributed by atoms with Gasteiger partial charge in [-0.2, -0.15) is 5.10 Å². The molecule has 0 aliphatic heterocycles. The summed E-state index contributed by atoms with van der Waals surface area (Å²) in [5.74, 6) is 0.678. The molecule has 0 spiro atoms. The lowest BCUT2D eigenvalue weighted by Crippen LogP contribution is -2.04. The second kappa shape index (κ2) is 6.18. The second-order valence-electron chi connectivity index (χ2n) is 4.73. The molecule has 2 rings (SSSR count). The molecule has 1 aromatic heterocycles. The Morgan fingerprint density at radius 3 is 2.80 bits per heavy atom. The predicted octanol–water partition coefficient (Wildman–Crippen LogP) is 2.99. The first-order valence-electron chi connectivity index (χ1n) is 6.47. The molecular weight excluding hydrogens is 258 g/mol. The molecule has 0 unspecified atom stereocenters. The van der Waals surface area contributed by atoms with Gasteiger partial charge in [0.15, 0.2) is 5.75 Å². The lowest BCUT2D eigenvalue weighted by molar-refractivity contribution is -0.385. The van der Waals surface area contributed by atoms with Gasteiger partial charge < -0.3 is 4.74 Å². The smallest absolute Gasteiger partial charge is 0.272 e. The third-order valence-corrected chi connectivity index (χ3v) is 2.94. The number of para-hydroxylation sites is 1. The van der Waals surface area contributed by atoms with Crippen LogP contribution >= 0.6 is 0 Å². The van der Waals surface area contributed by atoms with E-state index in [1.165, 1.54) is 6.07 Å². The molecule has 0 atom stereocenters. The highest BCUT2D eigenvalue weighted by molar-refractivity contribution is 5.39. The Morgan fingerprint density at radius 2 is 2.15 bits per heavy atom. The van der Waals surface area contributed by atoms with Crippen LogP contribution in [0.1, 0.15) is 25.5 Å². The minimum atomic E-state index is -0.369. The average molecular weight is 275 g/mol. The molecule has 0 amide bonds. The molecule has 1 aromatic carbocycles. The van der Waals surface area contributed by atoms with Crippen LogP contribution in [0.4, 0.5) is 5.69 Å². The number of nitro benzene ring substituents is 1. The summed E-state index contributed by atoms with van der Waals surface area (Å²) in [5.41, 5.74) is 0.808. The molecule has 1 heterocycles. The molecule has 0 bridgehead atoms. The standard InChI is InChI=1S/C14H17N3O3/c1-11(2)16-10-13(9-15-16)20-8-7-12-5-3-4-6-14(12)17(18)19/h3-6,9-11H,7-8H2,1-2H3. The van der Waals surface area contributed by atoms with E-state index in [9.17, 15) is 10.1 Å². The lowest BCUT2D eigenvalue weighted by Gasteiger charge is -2.05. The van der Waals surface area contributed by atoms with Crippen molar-refractivity contribution in [3.63, 3.8) is 0 Å². The van der Waals surface area contributed by atoms with Gasteiger partial charge in [-0.25, -0.2) is 0 Å². The maximum absolute atomic E-state index is 10.9. The van der Waals surface area contributed by atoms with Crippen LogP contribution in [0.25, 0.3) is 0 Å². The zero-order valence-corrected chi connectivity index (χ0v) is 11.5. The number of nitrogens with zero attached hydrogens (tertiary/aromatic N) is 3. The van der Waals surface area contributed by atoms with Crippen molar-refractivity contribution in [1.82, 2.24) is 9.78 Å². The zero-order chi connectivity index (χ0) is 14.5. The van der Waals surface area contributed by atoms with Crippen molar-refractivity contribution in [2.45, 2.75) is 26.3 Å². The first-order valence-corrected chi connectivity index (χ1v) is 6.47. The van der Waals surface area contributed by atoms with Crippen LogP contribution in [-0.4, -0.2) is 21.3 Å². The molecule has 0 fully saturated rings. The molecule has 0 aliphatic rings. The second-order valence-corrected chi connectivity index (χ2v) is 4.73. The molecule has 0 saturated heterocycles. The Kier molecular flexibility index (Phi) is 4.34. The van der Waals surface area contributed by atoms with Crippen LogP contribution in [0.3, 0.4) is 0 Å². The number of nitro groups is 1. The number of ether oxygens (including phenoxy) is 1. The summed E-state index contributed by atoms with van der Waals surface area (Å²) in [6.45, 7) is 4.45. The largest absolute Gasteiger partial charge is 0.490 e. The van der Waals surface area contributed by atoms with Gasteiger partial charge in [-0.1, -0.05) is 18.2 Å². The topological polar surface area (TPSA) is 70.2 Å². The van der Waals surface area contributed by atoms with E-state index in [0.717, 1.165) is 0 Å². The molecule has 0 saturated carbocycles. The van der Waals surface area contributed by atoms with Gasteiger partial charge in [0, 0.05) is 24.1 Å². The number of rotatable bonds is 6. The van der Waals surface area contributed by atoms with Crippen LogP contribution in [0.5, 0.6) is 5.75 Å². The summed E-state index contributed by atoms with van der Waals surface area (Å²) in [7, 11) is 0. The van der Waals surface area contributed by atoms with Crippen LogP contribution in [0.2, 0.25) is 0 Å². The quantitative estimate of drug-likeness (QED) is 0.600. The Hall–Kier alpha value is -2.37. The predicted molar refractivity (Wildman–Crippen MR) is 74.9 cm³/mol. The molecule has 0 N–H and O–H groups in total. The van der Waals surface area contributed by atoms with Gasteiger partial charge in [-0.05, 0) is 13.8 Å². The van der Waals surface area contributed by atoms with Crippen molar-refractivity contribution in [2.24, 2.45) is 0 Å². The van der Waals surface area contributed by atoms with E-state index in [4.69, 9.17) is 4.74 Å². The van der Waals surface area contributed by atoms with Crippen molar-refractivity contribution in [2.75, 3.05) is 6.61 Å². The number of hydrogen-bond acceptors (Lipinski definition) is 4. The summed E-state index contributed by atoms with van der Waals surface area (Å²) in [5, 5.41) is 15.1. The van der Waals surface area contributed by atoms with Crippen molar-refractivity contribution < 1.29 is 9.66 Å². The van der Waals surface area contributed by atoms with E-state index in [1.807, 2.05) is 20.0 Å². The van der Waals surface area contributed by atoms with Gasteiger partial charge >= 0.3 is 0 Å². The summed E-state index contributed by atoms with van der Waals surface area (Å²) in [6.07, 6.45) is 3.97. The van der Waals surface area contributed by atoms with Crippen molar-refractivity contribution in [1.29, 1.82) is 0 Å². The molecular formula is C14H17N3O3. The van der Waals surface area contributed by atoms with Crippen LogP contribution < -0.4 is 4.74 Å². The molecule has 6 heteroatoms. The van der Waals surface area contributed by atoms with E-state index >= 15 is 0 Å². The van der Waals surface area contributed by atoms with E-state index in [0.29, 0.717) is 24.3 Å². The van der Waals surface area contributed by atoms with Gasteiger partial charge in [-0.3, -0.25) is 14.8 Å². The van der Waals surface area contributed by atoms with Gasteiger partial charge in [0.2, 0.25) is 0 Å². The fourth-order valence-corrected chi connectivity index (χ4v) is 1.86. The first-order chi connectivity index (χ1) is 9.58. The summed E-state index contributed by atoms with van der Waals surface area (Å²) in [4.78, 5) is 10.5. The maximum atomic E-state index is 10.9. The fraction of sp³-hybridized carbons (Fsp3) is 0.357. The van der Waals surface area contributed by atoms with Crippen molar-refractivity contribution >= 4 is 5.69 Å². The lowest BCUT2D eigenvalue weighted by atomic mass is 10.1. The minimum Gasteiger partial charge on any atom is -0.490 e.